The minimum absolute atomic E-state index is 0.180. The summed E-state index contributed by atoms with van der Waals surface area (Å²) < 4.78 is 18.7. The van der Waals surface area contributed by atoms with Gasteiger partial charge in [-0.3, -0.25) is 4.79 Å². The number of nitrogens with zero attached hydrogens (tertiary/aromatic N) is 2. The second kappa shape index (κ2) is 8.64. The van der Waals surface area contributed by atoms with Gasteiger partial charge in [0.2, 0.25) is 0 Å². The predicted octanol–water partition coefficient (Wildman–Crippen LogP) is 4.01. The lowest BCUT2D eigenvalue weighted by molar-refractivity contribution is 0.0526. The Balaban J connectivity index is 1.78. The highest BCUT2D eigenvalue weighted by Gasteiger charge is 2.15. The van der Waals surface area contributed by atoms with Gasteiger partial charge in [0, 0.05) is 19.0 Å². The van der Waals surface area contributed by atoms with Gasteiger partial charge in [-0.2, -0.15) is 4.99 Å². The van der Waals surface area contributed by atoms with Crippen LogP contribution in [0.2, 0.25) is 0 Å². The van der Waals surface area contributed by atoms with Crippen molar-refractivity contribution in [1.82, 2.24) is 4.57 Å². The molecule has 0 fully saturated rings. The molecule has 0 N–H and O–H groups in total. The number of para-hydroxylation sites is 1. The molecule has 154 valence electrons. The Morgan fingerprint density at radius 1 is 1.17 bits per heavy atom. The van der Waals surface area contributed by atoms with Crippen LogP contribution in [0, 0.1) is 0 Å². The van der Waals surface area contributed by atoms with Crippen molar-refractivity contribution in [3.05, 3.63) is 64.7 Å². The number of amides is 1. The zero-order valence-corrected chi connectivity index (χ0v) is 17.4. The van der Waals surface area contributed by atoms with Gasteiger partial charge in [0.1, 0.15) is 5.58 Å². The molecule has 4 rings (SSSR count). The molecule has 0 saturated carbocycles. The second-order valence-electron chi connectivity index (χ2n) is 6.50. The van der Waals surface area contributed by atoms with Crippen LogP contribution in [0.4, 0.5) is 0 Å². The first-order chi connectivity index (χ1) is 14.6. The summed E-state index contributed by atoms with van der Waals surface area (Å²) >= 11 is 1.32. The monoisotopic (exact) mass is 424 g/mol. The van der Waals surface area contributed by atoms with Gasteiger partial charge in [-0.25, -0.2) is 4.79 Å². The van der Waals surface area contributed by atoms with Crippen LogP contribution in [0.25, 0.3) is 21.2 Å². The van der Waals surface area contributed by atoms with Crippen molar-refractivity contribution in [3.63, 3.8) is 0 Å². The molecule has 1 amide bonds. The molecule has 0 atom stereocenters. The van der Waals surface area contributed by atoms with E-state index in [-0.39, 0.29) is 11.7 Å². The van der Waals surface area contributed by atoms with E-state index in [1.54, 1.807) is 38.3 Å². The zero-order valence-electron chi connectivity index (χ0n) is 16.6. The Bertz CT molecular complexity index is 1260. The fourth-order valence-corrected chi connectivity index (χ4v) is 4.22. The summed E-state index contributed by atoms with van der Waals surface area (Å²) in [7, 11) is 1.62. The quantitative estimate of drug-likeness (QED) is 0.437. The van der Waals surface area contributed by atoms with E-state index in [4.69, 9.17) is 13.9 Å². The van der Waals surface area contributed by atoms with Crippen LogP contribution < -0.4 is 4.80 Å². The molecule has 7 nitrogen and oxygen atoms in total. The largest absolute Gasteiger partial charge is 0.462 e. The summed E-state index contributed by atoms with van der Waals surface area (Å²) in [5.74, 6) is -0.665. The average molecular weight is 424 g/mol. The average Bonchev–Trinajstić information content (AvgIpc) is 3.33. The van der Waals surface area contributed by atoms with Gasteiger partial charge in [-0.1, -0.05) is 29.5 Å². The van der Waals surface area contributed by atoms with E-state index in [1.165, 1.54) is 11.3 Å². The minimum atomic E-state index is -0.463. The first-order valence-electron chi connectivity index (χ1n) is 9.47. The minimum Gasteiger partial charge on any atom is -0.462 e. The number of fused-ring (bicyclic) bond motifs is 2. The number of carbonyl (C=O) groups excluding carboxylic acids is 2. The molecule has 0 unspecified atom stereocenters. The summed E-state index contributed by atoms with van der Waals surface area (Å²) in [4.78, 5) is 29.7. The van der Waals surface area contributed by atoms with Gasteiger partial charge in [-0.15, -0.1) is 0 Å². The Morgan fingerprint density at radius 3 is 2.77 bits per heavy atom. The number of hydrogen-bond acceptors (Lipinski definition) is 6. The highest BCUT2D eigenvalue weighted by atomic mass is 32.1. The van der Waals surface area contributed by atoms with E-state index in [9.17, 15) is 9.59 Å². The summed E-state index contributed by atoms with van der Waals surface area (Å²) in [5, 5.41) is 0.846. The van der Waals surface area contributed by atoms with Crippen molar-refractivity contribution < 1.29 is 23.5 Å². The molecule has 2 aromatic carbocycles. The number of thiazole rings is 1. The fraction of sp³-hybridized carbons (Fsp3) is 0.227. The van der Waals surface area contributed by atoms with Crippen molar-refractivity contribution in [2.24, 2.45) is 4.99 Å². The summed E-state index contributed by atoms with van der Waals surface area (Å²) in [5.41, 5.74) is 1.96. The number of ether oxygens (including phenoxy) is 2. The zero-order chi connectivity index (χ0) is 21.1. The van der Waals surface area contributed by atoms with E-state index >= 15 is 0 Å². The lowest BCUT2D eigenvalue weighted by Gasteiger charge is -2.05. The maximum atomic E-state index is 12.8. The Labute approximate surface area is 176 Å². The number of hydrogen-bond donors (Lipinski definition) is 0. The van der Waals surface area contributed by atoms with Gasteiger partial charge in [-0.05, 0) is 37.3 Å². The SMILES string of the molecule is CCOC(=O)c1ccc2c(c1)sc(=NC(=O)c1cc3ccccc3o1)n2CCOC. The molecule has 0 spiro atoms. The third kappa shape index (κ3) is 3.92. The molecule has 4 aromatic rings. The van der Waals surface area contributed by atoms with Crippen LogP contribution >= 0.6 is 11.3 Å². The van der Waals surface area contributed by atoms with E-state index in [0.717, 1.165) is 15.6 Å². The van der Waals surface area contributed by atoms with E-state index in [0.29, 0.717) is 35.7 Å². The van der Waals surface area contributed by atoms with Gasteiger partial charge >= 0.3 is 11.9 Å². The summed E-state index contributed by atoms with van der Waals surface area (Å²) in [6.45, 7) is 3.04. The number of esters is 1. The number of benzene rings is 2. The Morgan fingerprint density at radius 2 is 2.00 bits per heavy atom. The second-order valence-corrected chi connectivity index (χ2v) is 7.51. The number of furan rings is 1. The molecule has 8 heteroatoms. The first-order valence-corrected chi connectivity index (χ1v) is 10.3. The molecule has 0 aliphatic carbocycles. The van der Waals surface area contributed by atoms with Crippen LogP contribution in [0.5, 0.6) is 0 Å². The van der Waals surface area contributed by atoms with Crippen molar-refractivity contribution in [1.29, 1.82) is 0 Å². The number of carbonyl (C=O) groups is 2. The van der Waals surface area contributed by atoms with E-state index < -0.39 is 5.91 Å². The maximum absolute atomic E-state index is 12.8. The Kier molecular flexibility index (Phi) is 5.78. The highest BCUT2D eigenvalue weighted by Crippen LogP contribution is 2.22. The maximum Gasteiger partial charge on any atom is 0.338 e. The molecule has 0 radical (unpaired) electrons. The molecule has 30 heavy (non-hydrogen) atoms. The molecule has 0 aliphatic rings. The van der Waals surface area contributed by atoms with Crippen LogP contribution in [0.15, 0.2) is 57.9 Å². The molecule has 0 bridgehead atoms. The smallest absolute Gasteiger partial charge is 0.338 e. The Hall–Kier alpha value is -3.23. The standard InChI is InChI=1S/C22H20N2O5S/c1-3-28-21(26)15-8-9-16-19(13-15)30-22(24(16)10-11-27-2)23-20(25)18-12-14-6-4-5-7-17(14)29-18/h4-9,12-13H,3,10-11H2,1-2H3. The van der Waals surface area contributed by atoms with Crippen LogP contribution in [0.3, 0.4) is 0 Å². The summed E-state index contributed by atoms with van der Waals surface area (Å²) in [6, 6.07) is 14.4. The van der Waals surface area contributed by atoms with Crippen LogP contribution in [-0.4, -0.2) is 36.8 Å². The highest BCUT2D eigenvalue weighted by molar-refractivity contribution is 7.16. The summed E-state index contributed by atoms with van der Waals surface area (Å²) in [6.07, 6.45) is 0. The van der Waals surface area contributed by atoms with E-state index in [1.807, 2.05) is 28.8 Å². The first kappa shape index (κ1) is 20.1. The third-order valence-corrected chi connectivity index (χ3v) is 5.59. The molecule has 2 aromatic heterocycles. The van der Waals surface area contributed by atoms with E-state index in [2.05, 4.69) is 4.99 Å². The van der Waals surface area contributed by atoms with Crippen molar-refractivity contribution in [3.8, 4) is 0 Å². The number of rotatable bonds is 6. The van der Waals surface area contributed by atoms with Crippen molar-refractivity contribution in [2.45, 2.75) is 13.5 Å². The third-order valence-electron chi connectivity index (χ3n) is 4.55. The molecule has 0 saturated heterocycles. The molecule has 0 aliphatic heterocycles. The normalized spacial score (nSPS) is 12.0. The predicted molar refractivity (Wildman–Crippen MR) is 114 cm³/mol. The van der Waals surface area contributed by atoms with Gasteiger partial charge in [0.05, 0.1) is 29.0 Å². The lowest BCUT2D eigenvalue weighted by Crippen LogP contribution is -2.19. The van der Waals surface area contributed by atoms with Crippen molar-refractivity contribution in [2.75, 3.05) is 20.3 Å². The molecular weight excluding hydrogens is 404 g/mol. The van der Waals surface area contributed by atoms with Crippen LogP contribution in [-0.2, 0) is 16.0 Å². The number of aromatic nitrogens is 1. The van der Waals surface area contributed by atoms with Gasteiger partial charge in [0.15, 0.2) is 10.6 Å². The lowest BCUT2D eigenvalue weighted by atomic mass is 10.2. The number of methoxy groups -OCH3 is 1. The van der Waals surface area contributed by atoms with Gasteiger partial charge in [0.25, 0.3) is 0 Å². The molecule has 2 heterocycles. The van der Waals surface area contributed by atoms with Crippen LogP contribution in [0.1, 0.15) is 27.8 Å². The fourth-order valence-electron chi connectivity index (χ4n) is 3.13. The topological polar surface area (TPSA) is 83.0 Å². The molecular formula is C22H20N2O5S. The van der Waals surface area contributed by atoms with Crippen molar-refractivity contribution >= 4 is 44.4 Å². The van der Waals surface area contributed by atoms with Gasteiger partial charge < -0.3 is 18.5 Å².